The van der Waals surface area contributed by atoms with Crippen molar-refractivity contribution < 1.29 is 9.13 Å². The second-order valence-electron chi connectivity index (χ2n) is 5.53. The van der Waals surface area contributed by atoms with Crippen molar-refractivity contribution in [2.75, 3.05) is 0 Å². The lowest BCUT2D eigenvalue weighted by Gasteiger charge is -2.23. The molecule has 0 unspecified atom stereocenters. The van der Waals surface area contributed by atoms with Crippen LogP contribution in [0.4, 0.5) is 4.39 Å². The number of hydrogen-bond donors (Lipinski definition) is 0. The van der Waals surface area contributed by atoms with Crippen LogP contribution >= 0.6 is 0 Å². The van der Waals surface area contributed by atoms with Gasteiger partial charge in [0.2, 0.25) is 11.8 Å². The van der Waals surface area contributed by atoms with Gasteiger partial charge in [0.15, 0.2) is 0 Å². The first-order valence-corrected chi connectivity index (χ1v) is 6.13. The first kappa shape index (κ1) is 13.5. The summed E-state index contributed by atoms with van der Waals surface area (Å²) < 4.78 is 18.7. The number of nitrogens with zero attached hydrogens (tertiary/aromatic N) is 2. The van der Waals surface area contributed by atoms with E-state index in [0.717, 1.165) is 17.5 Å². The van der Waals surface area contributed by atoms with Gasteiger partial charge < -0.3 is 4.74 Å². The molecule has 0 aliphatic carbocycles. The number of ether oxygens (including phenoxy) is 1. The molecule has 0 saturated heterocycles. The van der Waals surface area contributed by atoms with Gasteiger partial charge in [0.05, 0.1) is 6.07 Å². The maximum Gasteiger partial charge on any atom is 0.225 e. The molecule has 0 atom stereocenters. The Labute approximate surface area is 112 Å². The average Bonchev–Trinajstić information content (AvgIpc) is 2.30. The Morgan fingerprint density at radius 2 is 1.84 bits per heavy atom. The summed E-state index contributed by atoms with van der Waals surface area (Å²) in [7, 11) is 0. The third-order valence-corrected chi connectivity index (χ3v) is 2.77. The molecule has 1 heterocycles. The van der Waals surface area contributed by atoms with Gasteiger partial charge in [0.25, 0.3) is 0 Å². The Morgan fingerprint density at radius 3 is 2.47 bits per heavy atom. The molecule has 0 fully saturated rings. The number of benzene rings is 1. The lowest BCUT2D eigenvalue weighted by molar-refractivity contribution is 0.431. The van der Waals surface area contributed by atoms with E-state index in [1.165, 1.54) is 6.07 Å². The van der Waals surface area contributed by atoms with Crippen molar-refractivity contribution in [3.63, 3.8) is 0 Å². The van der Waals surface area contributed by atoms with Crippen molar-refractivity contribution in [2.45, 2.75) is 33.1 Å². The van der Waals surface area contributed by atoms with Gasteiger partial charge in [-0.1, -0.05) is 38.5 Å². The van der Waals surface area contributed by atoms with Crippen LogP contribution in [0.2, 0.25) is 0 Å². The van der Waals surface area contributed by atoms with Gasteiger partial charge in [-0.15, -0.1) is 0 Å². The monoisotopic (exact) mass is 260 g/mol. The molecule has 1 aromatic heterocycles. The van der Waals surface area contributed by atoms with Gasteiger partial charge in [-0.05, 0) is 18.4 Å². The number of halogens is 1. The van der Waals surface area contributed by atoms with E-state index in [1.54, 1.807) is 0 Å². The normalized spacial score (nSPS) is 11.4. The summed E-state index contributed by atoms with van der Waals surface area (Å²) in [6.45, 7) is 8.35. The third-order valence-electron chi connectivity index (χ3n) is 2.77. The van der Waals surface area contributed by atoms with Crippen molar-refractivity contribution >= 4 is 0 Å². The van der Waals surface area contributed by atoms with Crippen LogP contribution in [0, 0.1) is 12.9 Å². The minimum atomic E-state index is -0.602. The number of aryl methyl sites for hydroxylation is 1. The average molecular weight is 260 g/mol. The fraction of sp³-hybridized carbons (Fsp3) is 0.333. The van der Waals surface area contributed by atoms with Crippen molar-refractivity contribution in [3.05, 3.63) is 47.7 Å². The highest BCUT2D eigenvalue weighted by Crippen LogP contribution is 2.34. The maximum absolute atomic E-state index is 13.0. The molecular formula is C15H17FN2O. The second-order valence-corrected chi connectivity index (χ2v) is 5.53. The van der Waals surface area contributed by atoms with E-state index in [-0.39, 0.29) is 11.3 Å². The minimum Gasteiger partial charge on any atom is -0.439 e. The minimum absolute atomic E-state index is 0.0626. The first-order valence-electron chi connectivity index (χ1n) is 6.13. The Balaban J connectivity index is 2.40. The molecule has 100 valence electrons. The third kappa shape index (κ3) is 3.28. The zero-order valence-electron chi connectivity index (χ0n) is 11.6. The maximum atomic E-state index is 13.0. The second kappa shape index (κ2) is 4.96. The molecule has 0 bridgehead atoms. The zero-order valence-corrected chi connectivity index (χ0v) is 11.6. The van der Waals surface area contributed by atoms with E-state index in [9.17, 15) is 4.39 Å². The highest BCUT2D eigenvalue weighted by Gasteiger charge is 2.19. The van der Waals surface area contributed by atoms with Crippen molar-refractivity contribution in [2.24, 2.45) is 0 Å². The number of hydrogen-bond acceptors (Lipinski definition) is 3. The van der Waals surface area contributed by atoms with E-state index in [2.05, 4.69) is 36.8 Å². The molecular weight excluding hydrogens is 243 g/mol. The Bertz CT molecular complexity index is 591. The lowest BCUT2D eigenvalue weighted by Crippen LogP contribution is -2.13. The van der Waals surface area contributed by atoms with E-state index in [4.69, 9.17) is 4.74 Å². The van der Waals surface area contributed by atoms with Crippen molar-refractivity contribution in [1.29, 1.82) is 0 Å². The molecule has 0 saturated carbocycles. The summed E-state index contributed by atoms with van der Waals surface area (Å²) in [5.74, 6) is 0.299. The van der Waals surface area contributed by atoms with Gasteiger partial charge in [0, 0.05) is 5.56 Å². The summed E-state index contributed by atoms with van der Waals surface area (Å²) in [6.07, 6.45) is 1.15. The molecule has 0 amide bonds. The molecule has 19 heavy (non-hydrogen) atoms. The molecule has 2 aromatic rings. The Kier molecular flexibility index (Phi) is 3.51. The van der Waals surface area contributed by atoms with Gasteiger partial charge in [0.1, 0.15) is 12.1 Å². The van der Waals surface area contributed by atoms with Crippen LogP contribution in [0.15, 0.2) is 30.6 Å². The summed E-state index contributed by atoms with van der Waals surface area (Å²) in [5.41, 5.74) is 2.16. The van der Waals surface area contributed by atoms with E-state index >= 15 is 0 Å². The molecule has 4 heteroatoms. The molecule has 1 aromatic carbocycles. The number of rotatable bonds is 2. The molecule has 0 aliphatic heterocycles. The smallest absolute Gasteiger partial charge is 0.225 e. The highest BCUT2D eigenvalue weighted by molar-refractivity contribution is 5.42. The van der Waals surface area contributed by atoms with Crippen LogP contribution in [0.5, 0.6) is 11.6 Å². The summed E-state index contributed by atoms with van der Waals surface area (Å²) in [6, 6.07) is 7.09. The summed E-state index contributed by atoms with van der Waals surface area (Å²) in [5, 5.41) is 0. The standard InChI is InChI=1S/C15H17FN2O/c1-10-5-6-12(11(7-10)15(2,3)4)19-14-8-13(16)17-9-18-14/h5-9H,1-4H3. The summed E-state index contributed by atoms with van der Waals surface area (Å²) >= 11 is 0. The molecule has 2 rings (SSSR count). The fourth-order valence-corrected chi connectivity index (χ4v) is 1.80. The quantitative estimate of drug-likeness (QED) is 0.765. The largest absolute Gasteiger partial charge is 0.439 e. The fourth-order valence-electron chi connectivity index (χ4n) is 1.80. The van der Waals surface area contributed by atoms with E-state index in [1.807, 2.05) is 19.1 Å². The predicted octanol–water partition coefficient (Wildman–Crippen LogP) is 4.01. The van der Waals surface area contributed by atoms with Crippen molar-refractivity contribution in [1.82, 2.24) is 9.97 Å². The van der Waals surface area contributed by atoms with Crippen LogP contribution in [-0.2, 0) is 5.41 Å². The highest BCUT2D eigenvalue weighted by atomic mass is 19.1. The van der Waals surface area contributed by atoms with Gasteiger partial charge >= 0.3 is 0 Å². The molecule has 0 radical (unpaired) electrons. The Morgan fingerprint density at radius 1 is 1.11 bits per heavy atom. The lowest BCUT2D eigenvalue weighted by atomic mass is 9.85. The topological polar surface area (TPSA) is 35.0 Å². The van der Waals surface area contributed by atoms with Crippen molar-refractivity contribution in [3.8, 4) is 11.6 Å². The van der Waals surface area contributed by atoms with E-state index in [0.29, 0.717) is 5.75 Å². The van der Waals surface area contributed by atoms with Crippen LogP contribution in [0.25, 0.3) is 0 Å². The van der Waals surface area contributed by atoms with Crippen LogP contribution in [0.3, 0.4) is 0 Å². The van der Waals surface area contributed by atoms with Gasteiger partial charge in [-0.2, -0.15) is 4.39 Å². The Hall–Kier alpha value is -1.97. The van der Waals surface area contributed by atoms with Gasteiger partial charge in [-0.3, -0.25) is 0 Å². The first-order chi connectivity index (χ1) is 8.86. The zero-order chi connectivity index (χ0) is 14.0. The van der Waals surface area contributed by atoms with Crippen LogP contribution in [0.1, 0.15) is 31.9 Å². The molecule has 3 nitrogen and oxygen atoms in total. The van der Waals surface area contributed by atoms with Crippen LogP contribution in [-0.4, -0.2) is 9.97 Å². The molecule has 0 aliphatic rings. The molecule has 0 N–H and O–H groups in total. The van der Waals surface area contributed by atoms with Crippen LogP contribution < -0.4 is 4.74 Å². The summed E-state index contributed by atoms with van der Waals surface area (Å²) in [4.78, 5) is 7.32. The van der Waals surface area contributed by atoms with Gasteiger partial charge in [-0.25, -0.2) is 9.97 Å². The van der Waals surface area contributed by atoms with E-state index < -0.39 is 5.95 Å². The number of aromatic nitrogens is 2. The molecule has 0 spiro atoms. The predicted molar refractivity (Wildman–Crippen MR) is 71.9 cm³/mol. The SMILES string of the molecule is Cc1ccc(Oc2cc(F)ncn2)c(C(C)(C)C)c1.